The number of hydrogen-bond acceptors (Lipinski definition) is 3. The van der Waals surface area contributed by atoms with Gasteiger partial charge >= 0.3 is 6.09 Å². The Morgan fingerprint density at radius 2 is 1.83 bits per heavy atom. The van der Waals surface area contributed by atoms with Gasteiger partial charge in [-0.25, -0.2) is 4.79 Å². The molecule has 1 aliphatic rings. The summed E-state index contributed by atoms with van der Waals surface area (Å²) < 4.78 is 5.49. The van der Waals surface area contributed by atoms with Crippen molar-refractivity contribution >= 4 is 23.8 Å². The van der Waals surface area contributed by atoms with Gasteiger partial charge in [-0.15, -0.1) is 0 Å². The maximum absolute atomic E-state index is 13.2. The van der Waals surface area contributed by atoms with Crippen LogP contribution in [0.1, 0.15) is 48.4 Å². The van der Waals surface area contributed by atoms with E-state index in [2.05, 4.69) is 55.6 Å². The van der Waals surface area contributed by atoms with Gasteiger partial charge in [-0.2, -0.15) is 0 Å². The van der Waals surface area contributed by atoms with E-state index < -0.39 is 12.1 Å². The summed E-state index contributed by atoms with van der Waals surface area (Å²) in [5.41, 5.74) is 7.26. The van der Waals surface area contributed by atoms with Crippen molar-refractivity contribution in [3.63, 3.8) is 0 Å². The zero-order valence-electron chi connectivity index (χ0n) is 21.3. The maximum atomic E-state index is 13.2. The molecule has 1 heterocycles. The number of carbonyl (C=O) groups is 2. The average molecular weight is 483 g/mol. The normalized spacial score (nSPS) is 15.3. The molecule has 36 heavy (non-hydrogen) atoms. The van der Waals surface area contributed by atoms with Gasteiger partial charge in [0.15, 0.2) is 0 Å². The Labute approximate surface area is 213 Å². The van der Waals surface area contributed by atoms with Crippen LogP contribution in [-0.4, -0.2) is 29.5 Å². The number of ether oxygens (including phenoxy) is 1. The number of aryl methyl sites for hydroxylation is 2. The lowest BCUT2D eigenvalue weighted by Crippen LogP contribution is -2.43. The highest BCUT2D eigenvalue weighted by Crippen LogP contribution is 2.28. The van der Waals surface area contributed by atoms with Crippen LogP contribution in [0.3, 0.4) is 0 Å². The van der Waals surface area contributed by atoms with Crippen molar-refractivity contribution in [1.82, 2.24) is 4.90 Å². The van der Waals surface area contributed by atoms with Crippen LogP contribution in [-0.2, 0) is 16.1 Å². The molecule has 3 aromatic carbocycles. The third-order valence-corrected chi connectivity index (χ3v) is 6.49. The molecular weight excluding hydrogens is 448 g/mol. The molecule has 186 valence electrons. The number of hydrogen-bond donors (Lipinski definition) is 1. The molecule has 1 N–H and O–H groups in total. The number of allylic oxidation sites excluding steroid dienone is 1. The number of nitrogens with zero attached hydrogens (tertiary/aromatic N) is 1. The lowest BCUT2D eigenvalue weighted by Gasteiger charge is -2.23. The van der Waals surface area contributed by atoms with E-state index in [0.29, 0.717) is 13.0 Å². The van der Waals surface area contributed by atoms with Gasteiger partial charge in [-0.1, -0.05) is 67.6 Å². The summed E-state index contributed by atoms with van der Waals surface area (Å²) in [6.07, 6.45) is 6.25. The van der Waals surface area contributed by atoms with Crippen LogP contribution in [0.2, 0.25) is 0 Å². The van der Waals surface area contributed by atoms with Gasteiger partial charge in [0, 0.05) is 12.2 Å². The first kappa shape index (κ1) is 25.2. The van der Waals surface area contributed by atoms with Crippen LogP contribution in [0.15, 0.2) is 72.8 Å². The Balaban J connectivity index is 1.47. The molecule has 5 heteroatoms. The van der Waals surface area contributed by atoms with Crippen LogP contribution in [0.4, 0.5) is 10.5 Å². The lowest BCUT2D eigenvalue weighted by molar-refractivity contribution is -0.120. The first-order valence-corrected chi connectivity index (χ1v) is 12.6. The highest BCUT2D eigenvalue weighted by Gasteiger charge is 2.35. The zero-order valence-corrected chi connectivity index (χ0v) is 21.3. The molecule has 1 saturated heterocycles. The van der Waals surface area contributed by atoms with Crippen LogP contribution in [0.5, 0.6) is 0 Å². The summed E-state index contributed by atoms with van der Waals surface area (Å²) in [6.45, 7) is 6.97. The Morgan fingerprint density at radius 3 is 2.61 bits per heavy atom. The fourth-order valence-corrected chi connectivity index (χ4v) is 4.55. The molecule has 1 aliphatic heterocycles. The van der Waals surface area contributed by atoms with Crippen molar-refractivity contribution in [2.24, 2.45) is 0 Å². The van der Waals surface area contributed by atoms with Crippen molar-refractivity contribution in [3.05, 3.63) is 95.1 Å². The summed E-state index contributed by atoms with van der Waals surface area (Å²) >= 11 is 0. The van der Waals surface area contributed by atoms with Gasteiger partial charge in [0.2, 0.25) is 5.91 Å². The number of amides is 2. The second-order valence-corrected chi connectivity index (χ2v) is 9.35. The molecule has 0 radical (unpaired) electrons. The minimum Gasteiger partial charge on any atom is -0.445 e. The molecule has 1 fully saturated rings. The van der Waals surface area contributed by atoms with Gasteiger partial charge < -0.3 is 10.1 Å². The largest absolute Gasteiger partial charge is 0.445 e. The number of benzene rings is 3. The van der Waals surface area contributed by atoms with E-state index in [4.69, 9.17) is 4.74 Å². The SMILES string of the molecule is CC/C=C\c1cc(-c2cc(C)cc(NC(=O)[C@@H]3CCCN3C(=O)OCc3ccccc3)c2)ccc1C. The predicted octanol–water partition coefficient (Wildman–Crippen LogP) is 7.13. The monoisotopic (exact) mass is 482 g/mol. The van der Waals surface area contributed by atoms with Crippen molar-refractivity contribution in [3.8, 4) is 11.1 Å². The van der Waals surface area contributed by atoms with E-state index in [-0.39, 0.29) is 12.5 Å². The minimum atomic E-state index is -0.539. The Kier molecular flexibility index (Phi) is 8.21. The average Bonchev–Trinajstić information content (AvgIpc) is 3.37. The minimum absolute atomic E-state index is 0.184. The predicted molar refractivity (Wildman–Crippen MR) is 146 cm³/mol. The third kappa shape index (κ3) is 6.22. The first-order chi connectivity index (χ1) is 17.4. The molecule has 0 saturated carbocycles. The van der Waals surface area contributed by atoms with Crippen molar-refractivity contribution in [1.29, 1.82) is 0 Å². The van der Waals surface area contributed by atoms with Crippen molar-refractivity contribution in [2.75, 3.05) is 11.9 Å². The molecule has 0 aromatic heterocycles. The number of carbonyl (C=O) groups excluding carboxylic acids is 2. The molecule has 2 amide bonds. The van der Waals surface area contributed by atoms with Crippen LogP contribution < -0.4 is 5.32 Å². The first-order valence-electron chi connectivity index (χ1n) is 12.6. The van der Waals surface area contributed by atoms with Gasteiger partial charge in [0.25, 0.3) is 0 Å². The second-order valence-electron chi connectivity index (χ2n) is 9.35. The molecule has 4 rings (SSSR count). The van der Waals surface area contributed by atoms with Crippen LogP contribution in [0.25, 0.3) is 17.2 Å². The standard InChI is InChI=1S/C31H34N2O3/c1-4-5-12-25-19-26(15-14-23(25)3)27-17-22(2)18-28(20-27)32-30(34)29-13-9-16-33(29)31(35)36-21-24-10-7-6-8-11-24/h5-8,10-12,14-15,17-20,29H,4,9,13,16,21H2,1-3H3,(H,32,34)/b12-5-/t29-/m0/s1. The van der Waals surface area contributed by atoms with E-state index in [1.807, 2.05) is 49.4 Å². The number of anilines is 1. The summed E-state index contributed by atoms with van der Waals surface area (Å²) in [5, 5.41) is 3.05. The summed E-state index contributed by atoms with van der Waals surface area (Å²) in [6, 6.07) is 21.5. The fraction of sp³-hybridized carbons (Fsp3) is 0.290. The smallest absolute Gasteiger partial charge is 0.410 e. The number of likely N-dealkylation sites (tertiary alicyclic amines) is 1. The highest BCUT2D eigenvalue weighted by atomic mass is 16.6. The topological polar surface area (TPSA) is 58.6 Å². The molecule has 0 unspecified atom stereocenters. The maximum Gasteiger partial charge on any atom is 0.410 e. The lowest BCUT2D eigenvalue weighted by atomic mass is 9.97. The van der Waals surface area contributed by atoms with Gasteiger partial charge in [-0.3, -0.25) is 9.69 Å². The molecule has 0 aliphatic carbocycles. The van der Waals surface area contributed by atoms with E-state index in [1.165, 1.54) is 11.1 Å². The molecular formula is C31H34N2O3. The van der Waals surface area contributed by atoms with Crippen molar-refractivity contribution in [2.45, 2.75) is 52.7 Å². The zero-order chi connectivity index (χ0) is 25.5. The molecule has 0 spiro atoms. The van der Waals surface area contributed by atoms with E-state index in [0.717, 1.165) is 40.8 Å². The van der Waals surface area contributed by atoms with Gasteiger partial charge in [0.1, 0.15) is 12.6 Å². The summed E-state index contributed by atoms with van der Waals surface area (Å²) in [7, 11) is 0. The highest BCUT2D eigenvalue weighted by molar-refractivity contribution is 5.97. The fourth-order valence-electron chi connectivity index (χ4n) is 4.55. The summed E-state index contributed by atoms with van der Waals surface area (Å²) in [5.74, 6) is -0.184. The quantitative estimate of drug-likeness (QED) is 0.390. The molecule has 0 bridgehead atoms. The Bertz CT molecular complexity index is 1250. The van der Waals surface area contributed by atoms with E-state index in [9.17, 15) is 9.59 Å². The van der Waals surface area contributed by atoms with Crippen LogP contribution >= 0.6 is 0 Å². The van der Waals surface area contributed by atoms with E-state index >= 15 is 0 Å². The number of nitrogens with one attached hydrogen (secondary N) is 1. The second kappa shape index (κ2) is 11.7. The van der Waals surface area contributed by atoms with Crippen molar-refractivity contribution < 1.29 is 14.3 Å². The Hall–Kier alpha value is -3.86. The Morgan fingerprint density at radius 1 is 1.03 bits per heavy atom. The molecule has 1 atom stereocenters. The molecule has 3 aromatic rings. The van der Waals surface area contributed by atoms with E-state index in [1.54, 1.807) is 4.90 Å². The third-order valence-electron chi connectivity index (χ3n) is 6.49. The van der Waals surface area contributed by atoms with Gasteiger partial charge in [-0.05, 0) is 84.7 Å². The van der Waals surface area contributed by atoms with Gasteiger partial charge in [0.05, 0.1) is 0 Å². The van der Waals surface area contributed by atoms with Crippen LogP contribution in [0, 0.1) is 13.8 Å². The molecule has 5 nitrogen and oxygen atoms in total. The number of rotatable bonds is 7. The summed E-state index contributed by atoms with van der Waals surface area (Å²) in [4.78, 5) is 27.5.